The van der Waals surface area contributed by atoms with Crippen LogP contribution in [0.2, 0.25) is 0 Å². The van der Waals surface area contributed by atoms with Gasteiger partial charge in [0.2, 0.25) is 5.91 Å². The summed E-state index contributed by atoms with van der Waals surface area (Å²) in [6.45, 7) is 9.67. The van der Waals surface area contributed by atoms with Gasteiger partial charge in [-0.1, -0.05) is 17.7 Å². The number of nitrogens with one attached hydrogen (secondary N) is 2. The van der Waals surface area contributed by atoms with Crippen molar-refractivity contribution >= 4 is 17.6 Å². The van der Waals surface area contributed by atoms with E-state index in [-0.39, 0.29) is 24.0 Å². The fourth-order valence-corrected chi connectivity index (χ4v) is 1.91. The molecule has 0 spiro atoms. The summed E-state index contributed by atoms with van der Waals surface area (Å²) in [7, 11) is 1.60. The van der Waals surface area contributed by atoms with E-state index in [1.807, 2.05) is 52.8 Å². The van der Waals surface area contributed by atoms with Crippen molar-refractivity contribution in [2.45, 2.75) is 40.2 Å². The molecule has 0 fully saturated rings. The summed E-state index contributed by atoms with van der Waals surface area (Å²) < 4.78 is 0. The van der Waals surface area contributed by atoms with Crippen LogP contribution in [-0.4, -0.2) is 36.0 Å². The first-order valence-electron chi connectivity index (χ1n) is 6.99. The minimum atomic E-state index is -0.304. The fraction of sp³-hybridized carbons (Fsp3) is 0.500. The number of benzene rings is 1. The van der Waals surface area contributed by atoms with Gasteiger partial charge in [-0.15, -0.1) is 0 Å². The number of nitrogens with zero attached hydrogens (tertiary/aromatic N) is 1. The molecule has 5 nitrogen and oxygen atoms in total. The monoisotopic (exact) mass is 291 g/mol. The summed E-state index contributed by atoms with van der Waals surface area (Å²) in [5.41, 5.74) is 2.59. The molecule has 0 heterocycles. The van der Waals surface area contributed by atoms with Gasteiger partial charge in [0, 0.05) is 18.3 Å². The summed E-state index contributed by atoms with van der Waals surface area (Å²) in [6.07, 6.45) is 0. The molecule has 1 aromatic rings. The molecule has 0 aromatic heterocycles. The van der Waals surface area contributed by atoms with Crippen molar-refractivity contribution in [3.05, 3.63) is 29.3 Å². The zero-order chi connectivity index (χ0) is 16.2. The number of rotatable bonds is 3. The Morgan fingerprint density at radius 1 is 1.19 bits per heavy atom. The third kappa shape index (κ3) is 5.85. The zero-order valence-corrected chi connectivity index (χ0v) is 13.7. The Balaban J connectivity index is 2.61. The maximum Gasteiger partial charge on any atom is 0.322 e. The highest BCUT2D eigenvalue weighted by molar-refractivity contribution is 5.92. The first kappa shape index (κ1) is 17.0. The van der Waals surface area contributed by atoms with Crippen LogP contribution in [0.15, 0.2) is 18.2 Å². The molecule has 0 aliphatic rings. The van der Waals surface area contributed by atoms with Crippen molar-refractivity contribution in [2.75, 3.05) is 18.9 Å². The first-order chi connectivity index (χ1) is 9.58. The largest absolute Gasteiger partial charge is 0.350 e. The van der Waals surface area contributed by atoms with Crippen molar-refractivity contribution in [1.82, 2.24) is 10.2 Å². The van der Waals surface area contributed by atoms with Gasteiger partial charge >= 0.3 is 6.03 Å². The third-order valence-corrected chi connectivity index (χ3v) is 2.87. The summed E-state index contributed by atoms with van der Waals surface area (Å²) in [4.78, 5) is 25.3. The zero-order valence-electron chi connectivity index (χ0n) is 13.7. The second-order valence-corrected chi connectivity index (χ2v) is 6.40. The van der Waals surface area contributed by atoms with Crippen LogP contribution in [0.25, 0.3) is 0 Å². The summed E-state index contributed by atoms with van der Waals surface area (Å²) in [6, 6.07) is 5.51. The number of likely N-dealkylation sites (N-methyl/N-ethyl adjacent to an activating group) is 1. The van der Waals surface area contributed by atoms with Crippen molar-refractivity contribution in [1.29, 1.82) is 0 Å². The van der Waals surface area contributed by atoms with Gasteiger partial charge in [-0.2, -0.15) is 0 Å². The minimum Gasteiger partial charge on any atom is -0.350 e. The quantitative estimate of drug-likeness (QED) is 0.899. The Labute approximate surface area is 126 Å². The highest BCUT2D eigenvalue weighted by Crippen LogP contribution is 2.16. The Hall–Kier alpha value is -2.04. The Kier molecular flexibility index (Phi) is 5.35. The Morgan fingerprint density at radius 3 is 2.33 bits per heavy atom. The predicted octanol–water partition coefficient (Wildman–Crippen LogP) is 2.68. The fourth-order valence-electron chi connectivity index (χ4n) is 1.91. The smallest absolute Gasteiger partial charge is 0.322 e. The minimum absolute atomic E-state index is 0.0218. The van der Waals surface area contributed by atoms with E-state index < -0.39 is 0 Å². The van der Waals surface area contributed by atoms with Crippen molar-refractivity contribution < 1.29 is 9.59 Å². The number of carbonyl (C=O) groups excluding carboxylic acids is 2. The number of hydrogen-bond acceptors (Lipinski definition) is 2. The molecule has 0 unspecified atom stereocenters. The van der Waals surface area contributed by atoms with Crippen molar-refractivity contribution in [3.8, 4) is 0 Å². The number of anilines is 1. The van der Waals surface area contributed by atoms with Gasteiger partial charge in [-0.05, 0) is 46.2 Å². The lowest BCUT2D eigenvalue weighted by molar-refractivity contribution is -0.122. The van der Waals surface area contributed by atoms with Crippen LogP contribution in [0.4, 0.5) is 10.5 Å². The second kappa shape index (κ2) is 6.61. The molecule has 0 aliphatic carbocycles. The molecule has 116 valence electrons. The van der Waals surface area contributed by atoms with Crippen LogP contribution in [0.1, 0.15) is 31.9 Å². The van der Waals surface area contributed by atoms with Crippen molar-refractivity contribution in [3.63, 3.8) is 0 Å². The van der Waals surface area contributed by atoms with E-state index >= 15 is 0 Å². The maximum atomic E-state index is 12.1. The lowest BCUT2D eigenvalue weighted by Crippen LogP contribution is -2.47. The molecule has 0 aliphatic heterocycles. The van der Waals surface area contributed by atoms with Crippen molar-refractivity contribution in [2.24, 2.45) is 0 Å². The molecule has 3 amide bonds. The summed E-state index contributed by atoms with van der Waals surface area (Å²) >= 11 is 0. The summed E-state index contributed by atoms with van der Waals surface area (Å²) in [5.74, 6) is -0.180. The normalized spacial score (nSPS) is 11.0. The van der Waals surface area contributed by atoms with Gasteiger partial charge < -0.3 is 15.5 Å². The average molecular weight is 291 g/mol. The van der Waals surface area contributed by atoms with E-state index in [1.165, 1.54) is 4.90 Å². The van der Waals surface area contributed by atoms with Crippen LogP contribution in [-0.2, 0) is 4.79 Å². The van der Waals surface area contributed by atoms with Gasteiger partial charge in [0.25, 0.3) is 0 Å². The first-order valence-corrected chi connectivity index (χ1v) is 6.99. The molecule has 0 radical (unpaired) electrons. The van der Waals surface area contributed by atoms with Gasteiger partial charge in [-0.3, -0.25) is 4.79 Å². The van der Waals surface area contributed by atoms with E-state index in [1.54, 1.807) is 7.05 Å². The molecule has 0 atom stereocenters. The average Bonchev–Trinajstić information content (AvgIpc) is 2.29. The van der Waals surface area contributed by atoms with Crippen LogP contribution >= 0.6 is 0 Å². The number of urea groups is 1. The standard InChI is InChI=1S/C16H25N3O2/c1-11-7-8-13(12(2)9-11)17-15(21)19(6)10-14(20)18-16(3,4)5/h7-9H,10H2,1-6H3,(H,17,21)(H,18,20). The lowest BCUT2D eigenvalue weighted by Gasteiger charge is -2.23. The highest BCUT2D eigenvalue weighted by Gasteiger charge is 2.18. The predicted molar refractivity (Wildman–Crippen MR) is 85.5 cm³/mol. The van der Waals surface area contributed by atoms with E-state index in [0.29, 0.717) is 0 Å². The molecule has 5 heteroatoms. The van der Waals surface area contributed by atoms with Gasteiger partial charge in [0.1, 0.15) is 6.54 Å². The topological polar surface area (TPSA) is 61.4 Å². The van der Waals surface area contributed by atoms with E-state index in [2.05, 4.69) is 10.6 Å². The SMILES string of the molecule is Cc1ccc(NC(=O)N(C)CC(=O)NC(C)(C)C)c(C)c1. The van der Waals surface area contributed by atoms with Gasteiger partial charge in [-0.25, -0.2) is 4.79 Å². The lowest BCUT2D eigenvalue weighted by atomic mass is 10.1. The summed E-state index contributed by atoms with van der Waals surface area (Å²) in [5, 5.41) is 5.64. The highest BCUT2D eigenvalue weighted by atomic mass is 16.2. The number of hydrogen-bond donors (Lipinski definition) is 2. The number of aryl methyl sites for hydroxylation is 2. The molecule has 1 aromatic carbocycles. The van der Waals surface area contributed by atoms with Gasteiger partial charge in [0.15, 0.2) is 0 Å². The van der Waals surface area contributed by atoms with Crippen LogP contribution < -0.4 is 10.6 Å². The van der Waals surface area contributed by atoms with E-state index in [9.17, 15) is 9.59 Å². The Morgan fingerprint density at radius 2 is 1.81 bits per heavy atom. The molecular formula is C16H25N3O2. The molecule has 1 rings (SSSR count). The number of amides is 3. The van der Waals surface area contributed by atoms with Crippen LogP contribution in [0.3, 0.4) is 0 Å². The maximum absolute atomic E-state index is 12.1. The third-order valence-electron chi connectivity index (χ3n) is 2.87. The van der Waals surface area contributed by atoms with E-state index in [0.717, 1.165) is 16.8 Å². The molecule has 2 N–H and O–H groups in total. The van der Waals surface area contributed by atoms with E-state index in [4.69, 9.17) is 0 Å². The molecule has 0 saturated carbocycles. The molecule has 21 heavy (non-hydrogen) atoms. The van der Waals surface area contributed by atoms with Gasteiger partial charge in [0.05, 0.1) is 0 Å². The molecular weight excluding hydrogens is 266 g/mol. The molecule has 0 bridgehead atoms. The van der Waals surface area contributed by atoms with Crippen LogP contribution in [0, 0.1) is 13.8 Å². The Bertz CT molecular complexity index is 533. The number of carbonyl (C=O) groups is 2. The van der Waals surface area contributed by atoms with Crippen LogP contribution in [0.5, 0.6) is 0 Å². The second-order valence-electron chi connectivity index (χ2n) is 6.40. The molecule has 0 saturated heterocycles.